The highest BCUT2D eigenvalue weighted by Gasteiger charge is 2.31. The maximum absolute atomic E-state index is 12.0. The molecule has 0 aromatic carbocycles. The van der Waals surface area contributed by atoms with Gasteiger partial charge in [0.05, 0.1) is 12.0 Å². The number of piperidine rings is 1. The SMILES string of the molecule is CC1CCCCN1CCCCNC(=O)CC1(O)CCCCC1. The second-order valence-electron chi connectivity index (χ2n) is 7.40. The van der Waals surface area contributed by atoms with E-state index < -0.39 is 5.60 Å². The van der Waals surface area contributed by atoms with Crippen molar-refractivity contribution in [2.45, 2.75) is 89.2 Å². The third kappa shape index (κ3) is 5.88. The molecule has 1 aliphatic carbocycles. The number of rotatable bonds is 7. The number of amides is 1. The Balaban J connectivity index is 1.53. The van der Waals surface area contributed by atoms with Gasteiger partial charge in [-0.15, -0.1) is 0 Å². The number of likely N-dealkylation sites (tertiary alicyclic amines) is 1. The van der Waals surface area contributed by atoms with Crippen LogP contribution in [0.1, 0.15) is 77.6 Å². The van der Waals surface area contributed by atoms with Crippen molar-refractivity contribution >= 4 is 5.91 Å². The van der Waals surface area contributed by atoms with Gasteiger partial charge in [-0.3, -0.25) is 4.79 Å². The molecule has 0 radical (unpaired) electrons. The van der Waals surface area contributed by atoms with Gasteiger partial charge in [0.1, 0.15) is 0 Å². The van der Waals surface area contributed by atoms with Gasteiger partial charge in [0.15, 0.2) is 0 Å². The van der Waals surface area contributed by atoms with Crippen molar-refractivity contribution in [1.82, 2.24) is 10.2 Å². The van der Waals surface area contributed by atoms with Gasteiger partial charge >= 0.3 is 0 Å². The van der Waals surface area contributed by atoms with E-state index in [9.17, 15) is 9.90 Å². The molecule has 1 aliphatic heterocycles. The van der Waals surface area contributed by atoms with Gasteiger partial charge in [0.2, 0.25) is 5.91 Å². The van der Waals surface area contributed by atoms with Crippen molar-refractivity contribution in [1.29, 1.82) is 0 Å². The van der Waals surface area contributed by atoms with E-state index >= 15 is 0 Å². The smallest absolute Gasteiger partial charge is 0.222 e. The van der Waals surface area contributed by atoms with Crippen LogP contribution in [0.5, 0.6) is 0 Å². The highest BCUT2D eigenvalue weighted by Crippen LogP contribution is 2.30. The standard InChI is InChI=1S/C18H34N2O2/c1-16-9-3-7-13-20(16)14-8-6-12-19-17(21)15-18(22)10-4-2-5-11-18/h16,22H,2-15H2,1H3,(H,19,21). The molecule has 4 nitrogen and oxygen atoms in total. The Morgan fingerprint density at radius 1 is 1.18 bits per heavy atom. The summed E-state index contributed by atoms with van der Waals surface area (Å²) in [6.07, 6.45) is 11.4. The molecule has 0 bridgehead atoms. The van der Waals surface area contributed by atoms with E-state index in [2.05, 4.69) is 17.1 Å². The third-order valence-electron chi connectivity index (χ3n) is 5.41. The maximum Gasteiger partial charge on any atom is 0.222 e. The Morgan fingerprint density at radius 3 is 2.68 bits per heavy atom. The molecule has 1 saturated heterocycles. The number of carbonyl (C=O) groups is 1. The van der Waals surface area contributed by atoms with Gasteiger partial charge in [0.25, 0.3) is 0 Å². The largest absolute Gasteiger partial charge is 0.389 e. The normalized spacial score (nSPS) is 25.8. The van der Waals surface area contributed by atoms with Gasteiger partial charge in [-0.25, -0.2) is 0 Å². The molecular weight excluding hydrogens is 276 g/mol. The summed E-state index contributed by atoms with van der Waals surface area (Å²) in [6.45, 7) is 5.46. The summed E-state index contributed by atoms with van der Waals surface area (Å²) in [5.74, 6) is 0.0238. The van der Waals surface area contributed by atoms with Gasteiger partial charge in [0, 0.05) is 12.6 Å². The lowest BCUT2D eigenvalue weighted by Crippen LogP contribution is -2.39. The molecule has 0 aromatic heterocycles. The minimum absolute atomic E-state index is 0.0238. The Labute approximate surface area is 135 Å². The second kappa shape index (κ2) is 8.88. The molecule has 1 saturated carbocycles. The fourth-order valence-electron chi connectivity index (χ4n) is 3.91. The van der Waals surface area contributed by atoms with E-state index in [1.54, 1.807) is 0 Å². The lowest BCUT2D eigenvalue weighted by molar-refractivity contribution is -0.127. The van der Waals surface area contributed by atoms with Crippen LogP contribution in [-0.4, -0.2) is 47.2 Å². The van der Waals surface area contributed by atoms with Crippen molar-refractivity contribution in [2.24, 2.45) is 0 Å². The van der Waals surface area contributed by atoms with E-state index in [-0.39, 0.29) is 12.3 Å². The summed E-state index contributed by atoms with van der Waals surface area (Å²) in [5, 5.41) is 13.4. The van der Waals surface area contributed by atoms with Crippen LogP contribution in [0.25, 0.3) is 0 Å². The van der Waals surface area contributed by atoms with Crippen LogP contribution in [0.15, 0.2) is 0 Å². The average Bonchev–Trinajstić information content (AvgIpc) is 2.49. The molecule has 128 valence electrons. The number of hydrogen-bond acceptors (Lipinski definition) is 3. The van der Waals surface area contributed by atoms with Crippen LogP contribution < -0.4 is 5.32 Å². The van der Waals surface area contributed by atoms with Crippen molar-refractivity contribution in [3.63, 3.8) is 0 Å². The van der Waals surface area contributed by atoms with Crippen molar-refractivity contribution in [3.05, 3.63) is 0 Å². The molecule has 1 unspecified atom stereocenters. The van der Waals surface area contributed by atoms with Gasteiger partial charge in [-0.1, -0.05) is 25.7 Å². The summed E-state index contributed by atoms with van der Waals surface area (Å²) in [4.78, 5) is 14.5. The summed E-state index contributed by atoms with van der Waals surface area (Å²) in [7, 11) is 0. The topological polar surface area (TPSA) is 52.6 Å². The summed E-state index contributed by atoms with van der Waals surface area (Å²) in [5.41, 5.74) is -0.731. The first-order valence-electron chi connectivity index (χ1n) is 9.32. The number of aliphatic hydroxyl groups is 1. The molecule has 0 aromatic rings. The Kier molecular flexibility index (Phi) is 7.16. The van der Waals surface area contributed by atoms with E-state index in [0.717, 1.165) is 57.7 Å². The first-order valence-corrected chi connectivity index (χ1v) is 9.32. The number of unbranched alkanes of at least 4 members (excludes halogenated alkanes) is 1. The molecule has 2 rings (SSSR count). The first-order chi connectivity index (χ1) is 10.6. The minimum atomic E-state index is -0.731. The fourth-order valence-corrected chi connectivity index (χ4v) is 3.91. The third-order valence-corrected chi connectivity index (χ3v) is 5.41. The molecule has 1 amide bonds. The van der Waals surface area contributed by atoms with Crippen LogP contribution >= 0.6 is 0 Å². The lowest BCUT2D eigenvalue weighted by Gasteiger charge is -2.33. The average molecular weight is 310 g/mol. The zero-order valence-electron chi connectivity index (χ0n) is 14.3. The lowest BCUT2D eigenvalue weighted by atomic mass is 9.82. The molecule has 1 atom stereocenters. The molecule has 2 aliphatic rings. The van der Waals surface area contributed by atoms with Crippen molar-refractivity contribution in [2.75, 3.05) is 19.6 Å². The van der Waals surface area contributed by atoms with Gasteiger partial charge < -0.3 is 15.3 Å². The molecule has 4 heteroatoms. The van der Waals surface area contributed by atoms with Gasteiger partial charge in [-0.2, -0.15) is 0 Å². The van der Waals surface area contributed by atoms with Crippen molar-refractivity contribution < 1.29 is 9.90 Å². The van der Waals surface area contributed by atoms with Crippen LogP contribution in [0, 0.1) is 0 Å². The number of hydrogen-bond donors (Lipinski definition) is 2. The molecular formula is C18H34N2O2. The molecule has 1 heterocycles. The van der Waals surface area contributed by atoms with Crippen LogP contribution in [0.4, 0.5) is 0 Å². The quantitative estimate of drug-likeness (QED) is 0.711. The van der Waals surface area contributed by atoms with E-state index in [0.29, 0.717) is 0 Å². The second-order valence-corrected chi connectivity index (χ2v) is 7.40. The Morgan fingerprint density at radius 2 is 1.95 bits per heavy atom. The highest BCUT2D eigenvalue weighted by molar-refractivity contribution is 5.76. The predicted octanol–water partition coefficient (Wildman–Crippen LogP) is 2.84. The number of nitrogens with zero attached hydrogens (tertiary/aromatic N) is 1. The number of nitrogens with one attached hydrogen (secondary N) is 1. The maximum atomic E-state index is 12.0. The van der Waals surface area contributed by atoms with E-state index in [1.807, 2.05) is 0 Å². The Bertz CT molecular complexity index is 340. The highest BCUT2D eigenvalue weighted by atomic mass is 16.3. The number of carbonyl (C=O) groups excluding carboxylic acids is 1. The fraction of sp³-hybridized carbons (Fsp3) is 0.944. The zero-order chi connectivity index (χ0) is 15.8. The van der Waals surface area contributed by atoms with Crippen LogP contribution in [-0.2, 0) is 4.79 Å². The summed E-state index contributed by atoms with van der Waals surface area (Å²) in [6, 6.07) is 0.726. The predicted molar refractivity (Wildman–Crippen MR) is 89.8 cm³/mol. The Hall–Kier alpha value is -0.610. The van der Waals surface area contributed by atoms with Crippen LogP contribution in [0.3, 0.4) is 0 Å². The first kappa shape index (κ1) is 17.7. The summed E-state index contributed by atoms with van der Waals surface area (Å²) >= 11 is 0. The molecule has 22 heavy (non-hydrogen) atoms. The zero-order valence-corrected chi connectivity index (χ0v) is 14.3. The molecule has 2 fully saturated rings. The van der Waals surface area contributed by atoms with Crippen molar-refractivity contribution in [3.8, 4) is 0 Å². The van der Waals surface area contributed by atoms with E-state index in [1.165, 1.54) is 32.2 Å². The minimum Gasteiger partial charge on any atom is -0.389 e. The molecule has 2 N–H and O–H groups in total. The monoisotopic (exact) mass is 310 g/mol. The van der Waals surface area contributed by atoms with Gasteiger partial charge in [-0.05, 0) is 58.5 Å². The summed E-state index contributed by atoms with van der Waals surface area (Å²) < 4.78 is 0. The molecule has 0 spiro atoms. The van der Waals surface area contributed by atoms with E-state index in [4.69, 9.17) is 0 Å². The van der Waals surface area contributed by atoms with Crippen LogP contribution in [0.2, 0.25) is 0 Å².